The average molecular weight is 471 g/mol. The van der Waals surface area contributed by atoms with Gasteiger partial charge in [-0.1, -0.05) is 12.1 Å². The first-order chi connectivity index (χ1) is 16.5. The molecule has 4 rings (SSSR count). The average Bonchev–Trinajstić information content (AvgIpc) is 3.26. The van der Waals surface area contributed by atoms with Crippen LogP contribution in [0.15, 0.2) is 53.7 Å². The normalized spacial score (nSPS) is 15.1. The molecule has 1 unspecified atom stereocenters. The highest BCUT2D eigenvalue weighted by Crippen LogP contribution is 2.14. The summed E-state index contributed by atoms with van der Waals surface area (Å²) in [6.45, 7) is 2.38. The quantitative estimate of drug-likeness (QED) is 0.535. The number of hydrogen-bond acceptors (Lipinski definition) is 7. The number of benzene rings is 1. The van der Waals surface area contributed by atoms with Crippen molar-refractivity contribution in [2.24, 2.45) is 7.05 Å². The number of hydrogen-bond donors (Lipinski definition) is 1. The summed E-state index contributed by atoms with van der Waals surface area (Å²) in [6, 6.07) is 8.46. The van der Waals surface area contributed by atoms with Crippen molar-refractivity contribution < 1.29 is 18.7 Å². The number of halogens is 1. The van der Waals surface area contributed by atoms with Gasteiger partial charge in [-0.15, -0.1) is 0 Å². The molecule has 1 N–H and O–H groups in total. The van der Waals surface area contributed by atoms with Gasteiger partial charge in [0.25, 0.3) is 0 Å². The van der Waals surface area contributed by atoms with E-state index < -0.39 is 12.3 Å². The largest absolute Gasteiger partial charge is 0.446 e. The molecule has 1 aliphatic rings. The molecule has 10 nitrogen and oxygen atoms in total. The van der Waals surface area contributed by atoms with Gasteiger partial charge in [-0.25, -0.2) is 13.9 Å². The molecule has 180 valence electrons. The third-order valence-electron chi connectivity index (χ3n) is 5.34. The molecule has 1 fully saturated rings. The van der Waals surface area contributed by atoms with Crippen LogP contribution < -0.4 is 10.7 Å². The van der Waals surface area contributed by atoms with Gasteiger partial charge in [-0.05, 0) is 17.7 Å². The molecule has 1 saturated heterocycles. The summed E-state index contributed by atoms with van der Waals surface area (Å²) in [5, 5.41) is 11.1. The van der Waals surface area contributed by atoms with E-state index in [-0.39, 0.29) is 25.0 Å². The molecule has 3 aromatic rings. The Morgan fingerprint density at radius 1 is 1.29 bits per heavy atom. The minimum absolute atomic E-state index is 0.188. The lowest BCUT2D eigenvalue weighted by molar-refractivity contribution is 0.0189. The monoisotopic (exact) mass is 470 g/mol. The Balaban J connectivity index is 1.33. The summed E-state index contributed by atoms with van der Waals surface area (Å²) >= 11 is 0. The minimum atomic E-state index is -1.28. The maximum absolute atomic E-state index is 14.2. The Hall–Kier alpha value is -3.57. The fraction of sp³-hybridized carbons (Fsp3) is 0.391. The topological polar surface area (TPSA) is 104 Å². The van der Waals surface area contributed by atoms with E-state index in [2.05, 4.69) is 15.5 Å². The first kappa shape index (κ1) is 23.6. The molecule has 3 heterocycles. The number of morpholine rings is 1. The van der Waals surface area contributed by atoms with Crippen molar-refractivity contribution in [2.45, 2.75) is 12.6 Å². The van der Waals surface area contributed by atoms with Crippen LogP contribution in [0.1, 0.15) is 11.3 Å². The molecule has 0 aliphatic carbocycles. The molecule has 0 saturated carbocycles. The lowest BCUT2D eigenvalue weighted by Crippen LogP contribution is -2.41. The van der Waals surface area contributed by atoms with Crippen LogP contribution in [-0.4, -0.2) is 76.2 Å². The molecular formula is C23H27FN6O4. The van der Waals surface area contributed by atoms with Gasteiger partial charge in [-0.2, -0.15) is 10.2 Å². The number of rotatable bonds is 8. The van der Waals surface area contributed by atoms with E-state index in [0.29, 0.717) is 37.7 Å². The Morgan fingerprint density at radius 2 is 2.12 bits per heavy atom. The maximum Gasteiger partial charge on any atom is 0.411 e. The van der Waals surface area contributed by atoms with Crippen LogP contribution in [0, 0.1) is 0 Å². The summed E-state index contributed by atoms with van der Waals surface area (Å²) in [6.07, 6.45) is 3.30. The maximum atomic E-state index is 14.2. The Morgan fingerprint density at radius 3 is 2.88 bits per heavy atom. The number of carbonyl (C=O) groups is 1. The Kier molecular flexibility index (Phi) is 7.65. The summed E-state index contributed by atoms with van der Waals surface area (Å²) in [5.74, 6) is 0. The highest BCUT2D eigenvalue weighted by Gasteiger charge is 2.18. The molecule has 1 aliphatic heterocycles. The number of amides is 1. The highest BCUT2D eigenvalue weighted by molar-refractivity contribution is 5.84. The summed E-state index contributed by atoms with van der Waals surface area (Å²) in [5.41, 5.74) is 2.17. The van der Waals surface area contributed by atoms with E-state index in [4.69, 9.17) is 9.47 Å². The van der Waals surface area contributed by atoms with E-state index in [1.165, 1.54) is 6.07 Å². The number of aromatic nitrogens is 4. The number of ether oxygens (including phenoxy) is 2. The van der Waals surface area contributed by atoms with E-state index in [1.807, 2.05) is 11.0 Å². The second kappa shape index (κ2) is 11.0. The molecule has 34 heavy (non-hydrogen) atoms. The van der Waals surface area contributed by atoms with Gasteiger partial charge >= 0.3 is 6.09 Å². The second-order valence-corrected chi connectivity index (χ2v) is 8.05. The molecule has 1 aromatic carbocycles. The Bertz CT molecular complexity index is 1170. The number of nitrogens with zero attached hydrogens (tertiary/aromatic N) is 5. The van der Waals surface area contributed by atoms with E-state index in [0.717, 1.165) is 11.3 Å². The fourth-order valence-electron chi connectivity index (χ4n) is 3.63. The lowest BCUT2D eigenvalue weighted by Gasteiger charge is -2.27. The minimum Gasteiger partial charge on any atom is -0.446 e. The molecule has 0 bridgehead atoms. The first-order valence-electron chi connectivity index (χ1n) is 11.0. The van der Waals surface area contributed by atoms with Crippen LogP contribution in [0.25, 0.3) is 5.69 Å². The molecule has 1 amide bonds. The zero-order chi connectivity index (χ0) is 23.9. The molecule has 0 radical (unpaired) electrons. The van der Waals surface area contributed by atoms with Crippen LogP contribution in [-0.2, 0) is 22.9 Å². The SMILES string of the molecule is Cn1cc(-n2ccc(=O)c(Cc3cccc(NC(=O)OCC(F)CN4CCOCC4)c3)n2)cn1. The van der Waals surface area contributed by atoms with Gasteiger partial charge in [-0.3, -0.25) is 19.7 Å². The predicted molar refractivity (Wildman–Crippen MR) is 123 cm³/mol. The smallest absolute Gasteiger partial charge is 0.411 e. The van der Waals surface area contributed by atoms with Crippen LogP contribution in [0.2, 0.25) is 0 Å². The van der Waals surface area contributed by atoms with E-state index in [9.17, 15) is 14.0 Å². The standard InChI is InChI=1S/C23H27FN6O4/c1-28-15-20(13-25-28)30-6-5-22(31)21(27-30)12-17-3-2-4-19(11-17)26-23(32)34-16-18(24)14-29-7-9-33-10-8-29/h2-6,11,13,15,18H,7-10,12,14,16H2,1H3,(H,26,32). The molecule has 1 atom stereocenters. The van der Waals surface area contributed by atoms with Gasteiger partial charge in [0.15, 0.2) is 0 Å². The number of alkyl halides is 1. The zero-order valence-electron chi connectivity index (χ0n) is 18.9. The van der Waals surface area contributed by atoms with Crippen molar-refractivity contribution in [1.29, 1.82) is 0 Å². The number of aryl methyl sites for hydroxylation is 1. The van der Waals surface area contributed by atoms with Crippen LogP contribution >= 0.6 is 0 Å². The molecular weight excluding hydrogens is 443 g/mol. The number of nitrogens with one attached hydrogen (secondary N) is 1. The second-order valence-electron chi connectivity index (χ2n) is 8.05. The van der Waals surface area contributed by atoms with Crippen LogP contribution in [0.4, 0.5) is 14.9 Å². The van der Waals surface area contributed by atoms with Gasteiger partial charge in [0, 0.05) is 51.1 Å². The molecule has 2 aromatic heterocycles. The van der Waals surface area contributed by atoms with Crippen molar-refractivity contribution >= 4 is 11.8 Å². The fourth-order valence-corrected chi connectivity index (χ4v) is 3.63. The first-order valence-corrected chi connectivity index (χ1v) is 11.0. The third kappa shape index (κ3) is 6.49. The summed E-state index contributed by atoms with van der Waals surface area (Å²) < 4.78 is 27.7. The van der Waals surface area contributed by atoms with E-state index >= 15 is 0 Å². The van der Waals surface area contributed by atoms with Gasteiger partial charge in [0.05, 0.1) is 25.6 Å². The Labute approximate surface area is 195 Å². The van der Waals surface area contributed by atoms with Gasteiger partial charge in [0.1, 0.15) is 24.2 Å². The van der Waals surface area contributed by atoms with Crippen molar-refractivity contribution in [3.63, 3.8) is 0 Å². The number of carbonyl (C=O) groups excluding carboxylic acids is 1. The number of anilines is 1. The summed E-state index contributed by atoms with van der Waals surface area (Å²) in [7, 11) is 1.80. The molecule has 0 spiro atoms. The van der Waals surface area contributed by atoms with E-state index in [1.54, 1.807) is 53.2 Å². The van der Waals surface area contributed by atoms with Gasteiger partial charge < -0.3 is 9.47 Å². The van der Waals surface area contributed by atoms with Crippen LogP contribution in [0.3, 0.4) is 0 Å². The highest BCUT2D eigenvalue weighted by atomic mass is 19.1. The summed E-state index contributed by atoms with van der Waals surface area (Å²) in [4.78, 5) is 26.4. The predicted octanol–water partition coefficient (Wildman–Crippen LogP) is 1.78. The van der Waals surface area contributed by atoms with Crippen molar-refractivity contribution in [2.75, 3.05) is 44.8 Å². The van der Waals surface area contributed by atoms with Crippen molar-refractivity contribution in [3.05, 3.63) is 70.4 Å². The van der Waals surface area contributed by atoms with Crippen molar-refractivity contribution in [1.82, 2.24) is 24.5 Å². The lowest BCUT2D eigenvalue weighted by atomic mass is 10.1. The van der Waals surface area contributed by atoms with Crippen LogP contribution in [0.5, 0.6) is 0 Å². The molecule has 11 heteroatoms. The third-order valence-corrected chi connectivity index (χ3v) is 5.34. The zero-order valence-corrected chi connectivity index (χ0v) is 18.9. The van der Waals surface area contributed by atoms with Gasteiger partial charge in [0.2, 0.25) is 5.43 Å². The van der Waals surface area contributed by atoms with Crippen molar-refractivity contribution in [3.8, 4) is 5.69 Å².